The number of nitrogens with one attached hydrogen (secondary N) is 2. The third kappa shape index (κ3) is 4.09. The fraction of sp³-hybridized carbons (Fsp3) is 0.909. The number of hydrogen-bond acceptors (Lipinski definition) is 2. The molecular weight excluding hydrogens is 176 g/mol. The molecule has 2 unspecified atom stereocenters. The maximum absolute atomic E-state index is 11.4. The van der Waals surface area contributed by atoms with Crippen molar-refractivity contribution < 1.29 is 4.79 Å². The maximum atomic E-state index is 11.4. The second-order valence-corrected chi connectivity index (χ2v) is 4.72. The van der Waals surface area contributed by atoms with E-state index in [0.717, 1.165) is 18.8 Å². The minimum absolute atomic E-state index is 0.137. The van der Waals surface area contributed by atoms with Crippen LogP contribution in [0.3, 0.4) is 0 Å². The first-order valence-electron chi connectivity index (χ1n) is 5.60. The lowest BCUT2D eigenvalue weighted by Gasteiger charge is -2.13. The summed E-state index contributed by atoms with van der Waals surface area (Å²) in [5, 5.41) is 6.18. The van der Waals surface area contributed by atoms with E-state index in [1.54, 1.807) is 0 Å². The molecule has 3 nitrogen and oxygen atoms in total. The smallest absolute Gasteiger partial charge is 0.234 e. The molecule has 0 aliphatic heterocycles. The first-order valence-corrected chi connectivity index (χ1v) is 5.60. The molecule has 0 aromatic carbocycles. The van der Waals surface area contributed by atoms with E-state index >= 15 is 0 Å². The normalized spacial score (nSPS) is 26.9. The summed E-state index contributed by atoms with van der Waals surface area (Å²) in [6.45, 7) is 6.79. The van der Waals surface area contributed by atoms with Gasteiger partial charge in [-0.25, -0.2) is 0 Å². The van der Waals surface area contributed by atoms with E-state index in [1.807, 2.05) is 13.8 Å². The third-order valence-electron chi connectivity index (χ3n) is 2.73. The number of hydrogen-bond donors (Lipinski definition) is 2. The van der Waals surface area contributed by atoms with Crippen molar-refractivity contribution in [3.63, 3.8) is 0 Å². The van der Waals surface area contributed by atoms with E-state index in [4.69, 9.17) is 0 Å². The fourth-order valence-electron chi connectivity index (χ4n) is 1.91. The van der Waals surface area contributed by atoms with Crippen LogP contribution in [0.25, 0.3) is 0 Å². The molecule has 0 spiro atoms. The van der Waals surface area contributed by atoms with Gasteiger partial charge in [-0.15, -0.1) is 0 Å². The third-order valence-corrected chi connectivity index (χ3v) is 2.73. The van der Waals surface area contributed by atoms with Crippen molar-refractivity contribution in [2.24, 2.45) is 5.92 Å². The van der Waals surface area contributed by atoms with Crippen molar-refractivity contribution in [2.45, 2.75) is 52.1 Å². The molecule has 0 aromatic heterocycles. The van der Waals surface area contributed by atoms with Gasteiger partial charge in [0.15, 0.2) is 0 Å². The molecule has 0 radical (unpaired) electrons. The summed E-state index contributed by atoms with van der Waals surface area (Å²) in [4.78, 5) is 11.4. The Balaban J connectivity index is 2.14. The van der Waals surface area contributed by atoms with Crippen LogP contribution in [-0.4, -0.2) is 24.5 Å². The number of amides is 1. The summed E-state index contributed by atoms with van der Waals surface area (Å²) in [5.41, 5.74) is 0. The highest BCUT2D eigenvalue weighted by molar-refractivity contribution is 5.78. The second kappa shape index (κ2) is 5.35. The number of carbonyl (C=O) groups is 1. The van der Waals surface area contributed by atoms with Gasteiger partial charge in [0.1, 0.15) is 0 Å². The van der Waals surface area contributed by atoms with Gasteiger partial charge in [0.05, 0.1) is 6.54 Å². The summed E-state index contributed by atoms with van der Waals surface area (Å²) in [6.07, 6.45) is 3.55. The van der Waals surface area contributed by atoms with Crippen molar-refractivity contribution in [1.82, 2.24) is 10.6 Å². The van der Waals surface area contributed by atoms with Gasteiger partial charge < -0.3 is 10.6 Å². The summed E-state index contributed by atoms with van der Waals surface area (Å²) in [6, 6.07) is 0.801. The molecule has 1 fully saturated rings. The monoisotopic (exact) mass is 198 g/mol. The van der Waals surface area contributed by atoms with Gasteiger partial charge in [0, 0.05) is 12.1 Å². The zero-order valence-corrected chi connectivity index (χ0v) is 9.47. The van der Waals surface area contributed by atoms with Crippen molar-refractivity contribution in [2.75, 3.05) is 6.54 Å². The van der Waals surface area contributed by atoms with E-state index in [9.17, 15) is 4.79 Å². The zero-order chi connectivity index (χ0) is 10.6. The van der Waals surface area contributed by atoms with E-state index < -0.39 is 0 Å². The van der Waals surface area contributed by atoms with Crippen LogP contribution < -0.4 is 10.6 Å². The Morgan fingerprint density at radius 1 is 1.43 bits per heavy atom. The molecule has 1 aliphatic rings. The van der Waals surface area contributed by atoms with Gasteiger partial charge in [-0.2, -0.15) is 0 Å². The highest BCUT2D eigenvalue weighted by Gasteiger charge is 2.22. The highest BCUT2D eigenvalue weighted by Crippen LogP contribution is 2.24. The second-order valence-electron chi connectivity index (χ2n) is 4.72. The largest absolute Gasteiger partial charge is 0.352 e. The summed E-state index contributed by atoms with van der Waals surface area (Å²) in [5.74, 6) is 0.913. The Bertz CT molecular complexity index is 192. The molecule has 3 heteroatoms. The minimum atomic E-state index is 0.137. The van der Waals surface area contributed by atoms with E-state index in [1.165, 1.54) is 6.42 Å². The van der Waals surface area contributed by atoms with E-state index in [0.29, 0.717) is 18.6 Å². The number of carbonyl (C=O) groups excluding carboxylic acids is 1. The molecule has 14 heavy (non-hydrogen) atoms. The van der Waals surface area contributed by atoms with Crippen LogP contribution in [0.2, 0.25) is 0 Å². The lowest BCUT2D eigenvalue weighted by atomic mass is 10.1. The van der Waals surface area contributed by atoms with Gasteiger partial charge in [0.2, 0.25) is 5.91 Å². The van der Waals surface area contributed by atoms with Crippen LogP contribution in [0.4, 0.5) is 0 Å². The Hall–Kier alpha value is -0.570. The molecule has 1 aliphatic carbocycles. The summed E-state index contributed by atoms with van der Waals surface area (Å²) < 4.78 is 0. The van der Waals surface area contributed by atoms with Crippen LogP contribution >= 0.6 is 0 Å². The Labute approximate surface area is 86.6 Å². The molecule has 0 heterocycles. The van der Waals surface area contributed by atoms with Crippen molar-refractivity contribution >= 4 is 5.91 Å². The molecule has 2 N–H and O–H groups in total. The van der Waals surface area contributed by atoms with Gasteiger partial charge in [0.25, 0.3) is 0 Å². The Kier molecular flexibility index (Phi) is 4.39. The molecule has 82 valence electrons. The Morgan fingerprint density at radius 2 is 2.14 bits per heavy atom. The molecule has 2 atom stereocenters. The lowest BCUT2D eigenvalue weighted by molar-refractivity contribution is -0.121. The average Bonchev–Trinajstić information content (AvgIpc) is 2.48. The first-order chi connectivity index (χ1) is 6.58. The molecule has 1 saturated carbocycles. The molecule has 0 bridgehead atoms. The van der Waals surface area contributed by atoms with Crippen molar-refractivity contribution in [1.29, 1.82) is 0 Å². The van der Waals surface area contributed by atoms with Gasteiger partial charge in [-0.1, -0.05) is 20.8 Å². The van der Waals surface area contributed by atoms with Crippen LogP contribution in [0, 0.1) is 5.92 Å². The van der Waals surface area contributed by atoms with E-state index in [2.05, 4.69) is 17.6 Å². The minimum Gasteiger partial charge on any atom is -0.352 e. The SMILES string of the molecule is CC1CCC(NC(=O)CNC(C)C)C1. The van der Waals surface area contributed by atoms with Gasteiger partial charge in [-0.05, 0) is 25.2 Å². The van der Waals surface area contributed by atoms with Gasteiger partial charge in [-0.3, -0.25) is 4.79 Å². The standard InChI is InChI=1S/C11H22N2O/c1-8(2)12-7-11(14)13-10-5-4-9(3)6-10/h8-10,12H,4-7H2,1-3H3,(H,13,14). The van der Waals surface area contributed by atoms with Crippen LogP contribution in [0.15, 0.2) is 0 Å². The maximum Gasteiger partial charge on any atom is 0.234 e. The van der Waals surface area contributed by atoms with Crippen molar-refractivity contribution in [3.05, 3.63) is 0 Å². The predicted molar refractivity (Wildman–Crippen MR) is 58.1 cm³/mol. The molecular formula is C11H22N2O. The summed E-state index contributed by atoms with van der Waals surface area (Å²) in [7, 11) is 0. The first kappa shape index (κ1) is 11.5. The molecule has 1 rings (SSSR count). The lowest BCUT2D eigenvalue weighted by Crippen LogP contribution is -2.41. The van der Waals surface area contributed by atoms with Crippen LogP contribution in [-0.2, 0) is 4.79 Å². The topological polar surface area (TPSA) is 41.1 Å². The average molecular weight is 198 g/mol. The van der Waals surface area contributed by atoms with E-state index in [-0.39, 0.29) is 5.91 Å². The van der Waals surface area contributed by atoms with Gasteiger partial charge >= 0.3 is 0 Å². The summed E-state index contributed by atoms with van der Waals surface area (Å²) >= 11 is 0. The Morgan fingerprint density at radius 3 is 2.64 bits per heavy atom. The highest BCUT2D eigenvalue weighted by atomic mass is 16.1. The quantitative estimate of drug-likeness (QED) is 0.714. The molecule has 0 aromatic rings. The zero-order valence-electron chi connectivity index (χ0n) is 9.47. The molecule has 1 amide bonds. The van der Waals surface area contributed by atoms with Crippen LogP contribution in [0.5, 0.6) is 0 Å². The molecule has 0 saturated heterocycles. The number of rotatable bonds is 4. The van der Waals surface area contributed by atoms with Crippen molar-refractivity contribution in [3.8, 4) is 0 Å². The fourth-order valence-corrected chi connectivity index (χ4v) is 1.91. The van der Waals surface area contributed by atoms with Crippen LogP contribution in [0.1, 0.15) is 40.0 Å². The predicted octanol–water partition coefficient (Wildman–Crippen LogP) is 1.29.